The molecule has 0 saturated carbocycles. The first-order valence-corrected chi connectivity index (χ1v) is 12.8. The number of carbonyl (C=O) groups excluding carboxylic acids is 2. The highest BCUT2D eigenvalue weighted by atomic mass is 32.2. The Bertz CT molecular complexity index is 1170. The quantitative estimate of drug-likeness (QED) is 0.546. The number of methoxy groups -OCH3 is 3. The van der Waals surface area contributed by atoms with E-state index in [0.29, 0.717) is 30.3 Å². The molecule has 1 aliphatic heterocycles. The van der Waals surface area contributed by atoms with Gasteiger partial charge < -0.3 is 19.5 Å². The van der Waals surface area contributed by atoms with Crippen LogP contribution in [0.2, 0.25) is 0 Å². The molecule has 0 atom stereocenters. The van der Waals surface area contributed by atoms with E-state index in [4.69, 9.17) is 14.2 Å². The van der Waals surface area contributed by atoms with Crippen molar-refractivity contribution in [2.75, 3.05) is 39.7 Å². The number of esters is 1. The van der Waals surface area contributed by atoms with E-state index in [0.717, 1.165) is 5.56 Å². The van der Waals surface area contributed by atoms with E-state index in [-0.39, 0.29) is 35.1 Å². The second-order valence-corrected chi connectivity index (χ2v) is 10.6. The summed E-state index contributed by atoms with van der Waals surface area (Å²) in [6.07, 6.45) is 0.714. The van der Waals surface area contributed by atoms with Gasteiger partial charge in [0.2, 0.25) is 15.9 Å². The summed E-state index contributed by atoms with van der Waals surface area (Å²) in [7, 11) is 0.501. The van der Waals surface area contributed by atoms with Gasteiger partial charge in [0.1, 0.15) is 0 Å². The second kappa shape index (κ2) is 11.1. The van der Waals surface area contributed by atoms with Crippen molar-refractivity contribution in [3.05, 3.63) is 47.5 Å². The average Bonchev–Trinajstić information content (AvgIpc) is 2.87. The van der Waals surface area contributed by atoms with E-state index >= 15 is 0 Å². The maximum absolute atomic E-state index is 13.1. The third-order valence-corrected chi connectivity index (χ3v) is 8.11. The van der Waals surface area contributed by atoms with Gasteiger partial charge in [0.05, 0.1) is 37.5 Å². The van der Waals surface area contributed by atoms with Crippen LogP contribution in [0.4, 0.5) is 5.69 Å². The summed E-state index contributed by atoms with van der Waals surface area (Å²) < 4.78 is 42.9. The van der Waals surface area contributed by atoms with E-state index < -0.39 is 21.9 Å². The Morgan fingerprint density at radius 1 is 0.971 bits per heavy atom. The molecule has 1 amide bonds. The van der Waals surface area contributed by atoms with Crippen LogP contribution < -0.4 is 14.8 Å². The molecule has 35 heavy (non-hydrogen) atoms. The van der Waals surface area contributed by atoms with Crippen LogP contribution in [0.25, 0.3) is 0 Å². The Hall–Kier alpha value is -3.11. The predicted octanol–water partition coefficient (Wildman–Crippen LogP) is 3.65. The maximum atomic E-state index is 13.1. The number of anilines is 1. The summed E-state index contributed by atoms with van der Waals surface area (Å²) in [5.74, 6) is -0.369. The number of rotatable bonds is 8. The Balaban J connectivity index is 1.71. The first-order chi connectivity index (χ1) is 16.6. The molecule has 2 aromatic carbocycles. The standard InChI is InChI=1S/C25H32N2O7S/c1-16(2)17-6-8-19(9-7-17)35(30,31)27-12-10-18(11-13-27)24(28)26-21-15-23(33-4)22(32-3)14-20(21)25(29)34-5/h6-9,14-16,18H,10-13H2,1-5H3,(H,26,28). The molecule has 1 saturated heterocycles. The lowest BCUT2D eigenvalue weighted by Crippen LogP contribution is -2.41. The molecule has 0 aliphatic carbocycles. The SMILES string of the molecule is COC(=O)c1cc(OC)c(OC)cc1NC(=O)C1CCN(S(=O)(=O)c2ccc(C(C)C)cc2)CC1. The van der Waals surface area contributed by atoms with Crippen LogP contribution in [0.3, 0.4) is 0 Å². The van der Waals surface area contributed by atoms with Gasteiger partial charge in [-0.05, 0) is 36.5 Å². The number of nitrogens with one attached hydrogen (secondary N) is 1. The van der Waals surface area contributed by atoms with E-state index in [2.05, 4.69) is 19.2 Å². The Morgan fingerprint density at radius 2 is 1.54 bits per heavy atom. The topological polar surface area (TPSA) is 111 Å². The van der Waals surface area contributed by atoms with Crippen molar-refractivity contribution in [3.63, 3.8) is 0 Å². The number of carbonyl (C=O) groups is 2. The molecule has 0 aromatic heterocycles. The third kappa shape index (κ3) is 5.76. The molecule has 9 nitrogen and oxygen atoms in total. The van der Waals surface area contributed by atoms with Crippen LogP contribution >= 0.6 is 0 Å². The van der Waals surface area contributed by atoms with Gasteiger partial charge in [0.25, 0.3) is 0 Å². The molecule has 1 N–H and O–H groups in total. The van der Waals surface area contributed by atoms with Crippen molar-refractivity contribution in [2.24, 2.45) is 5.92 Å². The van der Waals surface area contributed by atoms with Gasteiger partial charge in [0.15, 0.2) is 11.5 Å². The molecule has 0 bridgehead atoms. The van der Waals surface area contributed by atoms with Gasteiger partial charge in [-0.25, -0.2) is 13.2 Å². The highest BCUT2D eigenvalue weighted by molar-refractivity contribution is 7.89. The summed E-state index contributed by atoms with van der Waals surface area (Å²) in [6.45, 7) is 4.55. The predicted molar refractivity (Wildman–Crippen MR) is 132 cm³/mol. The van der Waals surface area contributed by atoms with Gasteiger partial charge in [-0.15, -0.1) is 0 Å². The van der Waals surface area contributed by atoms with Crippen LogP contribution in [0.5, 0.6) is 11.5 Å². The number of benzene rings is 2. The number of sulfonamides is 1. The molecule has 2 aromatic rings. The minimum Gasteiger partial charge on any atom is -0.493 e. The molecule has 10 heteroatoms. The molecule has 1 fully saturated rings. The zero-order valence-electron chi connectivity index (χ0n) is 20.7. The first-order valence-electron chi connectivity index (χ1n) is 11.4. The molecule has 190 valence electrons. The Labute approximate surface area is 206 Å². The van der Waals surface area contributed by atoms with E-state index in [1.165, 1.54) is 37.8 Å². The number of hydrogen-bond donors (Lipinski definition) is 1. The third-order valence-electron chi connectivity index (χ3n) is 6.20. The molecule has 0 unspecified atom stereocenters. The van der Waals surface area contributed by atoms with Crippen LogP contribution in [-0.4, -0.2) is 59.0 Å². The molecule has 3 rings (SSSR count). The number of hydrogen-bond acceptors (Lipinski definition) is 7. The molecule has 1 aliphatic rings. The number of ether oxygens (including phenoxy) is 3. The summed E-state index contributed by atoms with van der Waals surface area (Å²) >= 11 is 0. The first kappa shape index (κ1) is 26.5. The maximum Gasteiger partial charge on any atom is 0.340 e. The van der Waals surface area contributed by atoms with Crippen molar-refractivity contribution in [1.29, 1.82) is 0 Å². The smallest absolute Gasteiger partial charge is 0.340 e. The zero-order valence-corrected chi connectivity index (χ0v) is 21.5. The van der Waals surface area contributed by atoms with Crippen molar-refractivity contribution in [2.45, 2.75) is 37.5 Å². The minimum absolute atomic E-state index is 0.128. The monoisotopic (exact) mass is 504 g/mol. The number of nitrogens with zero attached hydrogens (tertiary/aromatic N) is 1. The molecule has 1 heterocycles. The van der Waals surface area contributed by atoms with Gasteiger partial charge in [-0.1, -0.05) is 26.0 Å². The highest BCUT2D eigenvalue weighted by Gasteiger charge is 2.32. The van der Waals surface area contributed by atoms with E-state index in [1.807, 2.05) is 12.1 Å². The van der Waals surface area contributed by atoms with Gasteiger partial charge in [-0.2, -0.15) is 4.31 Å². The molecule has 0 spiro atoms. The van der Waals surface area contributed by atoms with Crippen LogP contribution in [-0.2, 0) is 19.6 Å². The number of piperidine rings is 1. The molecular formula is C25H32N2O7S. The van der Waals surface area contributed by atoms with Gasteiger partial charge in [-0.3, -0.25) is 4.79 Å². The zero-order chi connectivity index (χ0) is 25.8. The summed E-state index contributed by atoms with van der Waals surface area (Å²) in [6, 6.07) is 9.88. The fourth-order valence-electron chi connectivity index (χ4n) is 4.03. The van der Waals surface area contributed by atoms with Crippen molar-refractivity contribution >= 4 is 27.6 Å². The normalized spacial score (nSPS) is 15.0. The lowest BCUT2D eigenvalue weighted by atomic mass is 9.97. The summed E-state index contributed by atoms with van der Waals surface area (Å²) in [4.78, 5) is 25.5. The fraction of sp³-hybridized carbons (Fsp3) is 0.440. The number of amides is 1. The Kier molecular flexibility index (Phi) is 8.39. The fourth-order valence-corrected chi connectivity index (χ4v) is 5.50. The van der Waals surface area contributed by atoms with E-state index in [1.54, 1.807) is 12.1 Å². The van der Waals surface area contributed by atoms with Crippen molar-refractivity contribution in [3.8, 4) is 11.5 Å². The largest absolute Gasteiger partial charge is 0.493 e. The van der Waals surface area contributed by atoms with Crippen molar-refractivity contribution < 1.29 is 32.2 Å². The lowest BCUT2D eigenvalue weighted by molar-refractivity contribution is -0.120. The van der Waals surface area contributed by atoms with Crippen LogP contribution in [0, 0.1) is 5.92 Å². The minimum atomic E-state index is -3.64. The highest BCUT2D eigenvalue weighted by Crippen LogP contribution is 2.34. The Morgan fingerprint density at radius 3 is 2.06 bits per heavy atom. The average molecular weight is 505 g/mol. The van der Waals surface area contributed by atoms with E-state index in [9.17, 15) is 18.0 Å². The second-order valence-electron chi connectivity index (χ2n) is 8.64. The summed E-state index contributed by atoms with van der Waals surface area (Å²) in [5, 5.41) is 2.78. The molecule has 0 radical (unpaired) electrons. The summed E-state index contributed by atoms with van der Waals surface area (Å²) in [5.41, 5.74) is 1.43. The van der Waals surface area contributed by atoms with Gasteiger partial charge >= 0.3 is 5.97 Å². The van der Waals surface area contributed by atoms with Crippen LogP contribution in [0.15, 0.2) is 41.3 Å². The van der Waals surface area contributed by atoms with Gasteiger partial charge in [0, 0.05) is 31.1 Å². The lowest BCUT2D eigenvalue weighted by Gasteiger charge is -2.30. The van der Waals surface area contributed by atoms with Crippen molar-refractivity contribution in [1.82, 2.24) is 4.31 Å². The van der Waals surface area contributed by atoms with Crippen LogP contribution in [0.1, 0.15) is 48.5 Å². The molecular weight excluding hydrogens is 472 g/mol.